The number of nitrogens with zero attached hydrogens (tertiary/aromatic N) is 2. The van der Waals surface area contributed by atoms with E-state index in [0.29, 0.717) is 12.0 Å². The molecular weight excluding hydrogens is 242 g/mol. The Morgan fingerprint density at radius 3 is 2.94 bits per heavy atom. The van der Waals surface area contributed by atoms with Crippen molar-refractivity contribution in [1.29, 1.82) is 0 Å². The van der Waals surface area contributed by atoms with E-state index < -0.39 is 0 Å². The molecule has 0 saturated carbocycles. The Hall–Kier alpha value is -1.13. The molecule has 0 aliphatic carbocycles. The number of hydrogen-bond acceptors (Lipinski definition) is 4. The van der Waals surface area contributed by atoms with E-state index in [-0.39, 0.29) is 0 Å². The van der Waals surface area contributed by atoms with Gasteiger partial charge in [-0.1, -0.05) is 37.3 Å². The molecule has 4 heteroatoms. The third kappa shape index (κ3) is 1.99. The van der Waals surface area contributed by atoms with Crippen LogP contribution >= 0.6 is 11.3 Å². The van der Waals surface area contributed by atoms with Crippen molar-refractivity contribution in [3.63, 3.8) is 0 Å². The van der Waals surface area contributed by atoms with Crippen LogP contribution in [-0.4, -0.2) is 24.1 Å². The molecule has 0 bridgehead atoms. The molecule has 3 nitrogen and oxygen atoms in total. The van der Waals surface area contributed by atoms with Crippen LogP contribution in [0.4, 0.5) is 5.13 Å². The van der Waals surface area contributed by atoms with E-state index in [9.17, 15) is 0 Å². The van der Waals surface area contributed by atoms with E-state index in [1.807, 2.05) is 0 Å². The Balaban J connectivity index is 2.03. The molecule has 1 aliphatic rings. The maximum atomic E-state index is 5.97. The molecule has 2 N–H and O–H groups in total. The molecule has 2 aromatic rings. The van der Waals surface area contributed by atoms with Crippen molar-refractivity contribution in [2.75, 3.05) is 18.0 Å². The van der Waals surface area contributed by atoms with Gasteiger partial charge in [-0.05, 0) is 24.0 Å². The Labute approximate surface area is 112 Å². The van der Waals surface area contributed by atoms with Gasteiger partial charge in [-0.25, -0.2) is 4.98 Å². The highest BCUT2D eigenvalue weighted by Gasteiger charge is 2.22. The molecule has 1 aromatic carbocycles. The van der Waals surface area contributed by atoms with Crippen LogP contribution in [0.25, 0.3) is 10.2 Å². The highest BCUT2D eigenvalue weighted by Crippen LogP contribution is 2.34. The predicted octanol–water partition coefficient (Wildman–Crippen LogP) is 2.96. The van der Waals surface area contributed by atoms with Gasteiger partial charge in [0.15, 0.2) is 5.13 Å². The van der Waals surface area contributed by atoms with Crippen LogP contribution in [0.15, 0.2) is 18.2 Å². The Kier molecular flexibility index (Phi) is 2.99. The summed E-state index contributed by atoms with van der Waals surface area (Å²) in [5.74, 6) is 0.518. The summed E-state index contributed by atoms with van der Waals surface area (Å²) < 4.78 is 1.29. The van der Waals surface area contributed by atoms with Gasteiger partial charge in [0.25, 0.3) is 0 Å². The average Bonchev–Trinajstić information content (AvgIpc) is 2.93. The first-order valence-electron chi connectivity index (χ1n) is 6.55. The number of benzene rings is 1. The van der Waals surface area contributed by atoms with Crippen LogP contribution in [0.2, 0.25) is 0 Å². The van der Waals surface area contributed by atoms with Gasteiger partial charge >= 0.3 is 0 Å². The standard InChI is InChI=1S/C14H19N3S/c1-9(2)11-4-3-5-12-13(11)16-14(18-12)17-7-6-10(15)8-17/h3-5,9-10H,6-8,15H2,1-2H3. The molecule has 1 unspecified atom stereocenters. The lowest BCUT2D eigenvalue weighted by Crippen LogP contribution is -2.26. The molecule has 1 fully saturated rings. The van der Waals surface area contributed by atoms with Crippen LogP contribution in [0.3, 0.4) is 0 Å². The first kappa shape index (κ1) is 11.9. The van der Waals surface area contributed by atoms with Gasteiger partial charge in [-0.3, -0.25) is 0 Å². The quantitative estimate of drug-likeness (QED) is 0.903. The van der Waals surface area contributed by atoms with Crippen molar-refractivity contribution in [2.24, 2.45) is 5.73 Å². The number of anilines is 1. The first-order valence-corrected chi connectivity index (χ1v) is 7.37. The summed E-state index contributed by atoms with van der Waals surface area (Å²) in [4.78, 5) is 7.16. The summed E-state index contributed by atoms with van der Waals surface area (Å²) in [6.07, 6.45) is 1.08. The van der Waals surface area contributed by atoms with Gasteiger partial charge in [0.05, 0.1) is 10.2 Å². The van der Waals surface area contributed by atoms with Crippen molar-refractivity contribution >= 4 is 26.7 Å². The summed E-state index contributed by atoms with van der Waals surface area (Å²) in [7, 11) is 0. The number of rotatable bonds is 2. The lowest BCUT2D eigenvalue weighted by Gasteiger charge is -2.13. The SMILES string of the molecule is CC(C)c1cccc2sc(N3CCC(N)C3)nc12. The third-order valence-corrected chi connectivity index (χ3v) is 4.64. The van der Waals surface area contributed by atoms with Crippen molar-refractivity contribution in [1.82, 2.24) is 4.98 Å². The lowest BCUT2D eigenvalue weighted by atomic mass is 10.0. The predicted molar refractivity (Wildman–Crippen MR) is 78.5 cm³/mol. The number of aromatic nitrogens is 1. The second-order valence-corrected chi connectivity index (χ2v) is 6.35. The number of fused-ring (bicyclic) bond motifs is 1. The highest BCUT2D eigenvalue weighted by atomic mass is 32.1. The zero-order valence-corrected chi connectivity index (χ0v) is 11.7. The maximum Gasteiger partial charge on any atom is 0.186 e. The van der Waals surface area contributed by atoms with Gasteiger partial charge < -0.3 is 10.6 Å². The summed E-state index contributed by atoms with van der Waals surface area (Å²) in [6.45, 7) is 6.42. The molecule has 0 radical (unpaired) electrons. The molecule has 3 rings (SSSR count). The second-order valence-electron chi connectivity index (χ2n) is 5.34. The summed E-state index contributed by atoms with van der Waals surface area (Å²) in [5, 5.41) is 1.13. The zero-order chi connectivity index (χ0) is 12.7. The van der Waals surface area contributed by atoms with Crippen LogP contribution in [0.5, 0.6) is 0 Å². The fourth-order valence-electron chi connectivity index (χ4n) is 2.52. The van der Waals surface area contributed by atoms with Gasteiger partial charge in [0, 0.05) is 19.1 Å². The highest BCUT2D eigenvalue weighted by molar-refractivity contribution is 7.22. The fourth-order valence-corrected chi connectivity index (χ4v) is 3.56. The van der Waals surface area contributed by atoms with Crippen molar-refractivity contribution in [3.05, 3.63) is 23.8 Å². The van der Waals surface area contributed by atoms with Crippen molar-refractivity contribution in [3.8, 4) is 0 Å². The monoisotopic (exact) mass is 261 g/mol. The molecule has 18 heavy (non-hydrogen) atoms. The minimum Gasteiger partial charge on any atom is -0.346 e. The van der Waals surface area contributed by atoms with Crippen LogP contribution in [0, 0.1) is 0 Å². The minimum absolute atomic E-state index is 0.307. The van der Waals surface area contributed by atoms with Crippen molar-refractivity contribution < 1.29 is 0 Å². The summed E-state index contributed by atoms with van der Waals surface area (Å²) in [5.41, 5.74) is 8.49. The Morgan fingerprint density at radius 1 is 1.44 bits per heavy atom. The molecule has 1 aromatic heterocycles. The smallest absolute Gasteiger partial charge is 0.186 e. The van der Waals surface area contributed by atoms with E-state index in [1.54, 1.807) is 11.3 Å². The van der Waals surface area contributed by atoms with E-state index in [0.717, 1.165) is 24.6 Å². The molecule has 96 valence electrons. The van der Waals surface area contributed by atoms with Gasteiger partial charge in [0.1, 0.15) is 0 Å². The number of hydrogen-bond donors (Lipinski definition) is 1. The van der Waals surface area contributed by atoms with Gasteiger partial charge in [0.2, 0.25) is 0 Å². The second kappa shape index (κ2) is 4.52. The normalized spacial score (nSPS) is 20.2. The Bertz CT molecular complexity index is 561. The summed E-state index contributed by atoms with van der Waals surface area (Å²) in [6, 6.07) is 6.79. The maximum absolute atomic E-state index is 5.97. The van der Waals surface area contributed by atoms with E-state index in [1.165, 1.54) is 15.8 Å². The largest absolute Gasteiger partial charge is 0.346 e. The molecular formula is C14H19N3S. The van der Waals surface area contributed by atoms with Crippen LogP contribution < -0.4 is 10.6 Å². The van der Waals surface area contributed by atoms with E-state index in [4.69, 9.17) is 10.7 Å². The number of para-hydroxylation sites is 1. The molecule has 0 amide bonds. The molecule has 0 spiro atoms. The molecule has 1 aliphatic heterocycles. The first-order chi connectivity index (χ1) is 8.65. The molecule has 1 saturated heterocycles. The topological polar surface area (TPSA) is 42.1 Å². The zero-order valence-electron chi connectivity index (χ0n) is 10.9. The number of nitrogens with two attached hydrogens (primary N) is 1. The minimum atomic E-state index is 0.307. The lowest BCUT2D eigenvalue weighted by molar-refractivity contribution is 0.752. The molecule has 2 heterocycles. The van der Waals surface area contributed by atoms with Gasteiger partial charge in [-0.15, -0.1) is 0 Å². The van der Waals surface area contributed by atoms with Crippen LogP contribution in [-0.2, 0) is 0 Å². The van der Waals surface area contributed by atoms with Crippen molar-refractivity contribution in [2.45, 2.75) is 32.2 Å². The van der Waals surface area contributed by atoms with E-state index in [2.05, 4.69) is 36.9 Å². The van der Waals surface area contributed by atoms with Crippen LogP contribution in [0.1, 0.15) is 31.7 Å². The third-order valence-electron chi connectivity index (χ3n) is 3.56. The van der Waals surface area contributed by atoms with E-state index >= 15 is 0 Å². The molecule has 1 atom stereocenters. The average molecular weight is 261 g/mol. The summed E-state index contributed by atoms with van der Waals surface area (Å²) >= 11 is 1.79. The fraction of sp³-hybridized carbons (Fsp3) is 0.500. The Morgan fingerprint density at radius 2 is 2.28 bits per heavy atom. The number of thiazole rings is 1. The van der Waals surface area contributed by atoms with Gasteiger partial charge in [-0.2, -0.15) is 0 Å².